The normalized spacial score (nSPS) is 21.9. The molecule has 84 valence electrons. The summed E-state index contributed by atoms with van der Waals surface area (Å²) in [5.41, 5.74) is 3.24. The summed E-state index contributed by atoms with van der Waals surface area (Å²) >= 11 is 0. The van der Waals surface area contributed by atoms with Crippen molar-refractivity contribution in [2.45, 2.75) is 6.04 Å². The van der Waals surface area contributed by atoms with Crippen LogP contribution in [-0.2, 0) is 0 Å². The maximum Gasteiger partial charge on any atom is 0.0991 e. The molecule has 1 N–H and O–H groups in total. The molecule has 0 aliphatic carbocycles. The first-order valence-corrected chi connectivity index (χ1v) is 5.73. The van der Waals surface area contributed by atoms with Gasteiger partial charge in [-0.2, -0.15) is 5.26 Å². The summed E-state index contributed by atoms with van der Waals surface area (Å²) < 4.78 is 0. The number of fused-ring (bicyclic) bond motifs is 1. The van der Waals surface area contributed by atoms with E-state index >= 15 is 0 Å². The van der Waals surface area contributed by atoms with Crippen LogP contribution in [0.15, 0.2) is 48.2 Å². The van der Waals surface area contributed by atoms with Crippen molar-refractivity contribution in [3.05, 3.63) is 59.3 Å². The molecule has 3 nitrogen and oxygen atoms in total. The van der Waals surface area contributed by atoms with Crippen LogP contribution < -0.4 is 5.32 Å². The van der Waals surface area contributed by atoms with Crippen molar-refractivity contribution in [1.29, 1.82) is 5.26 Å². The molecule has 0 bridgehead atoms. The number of allylic oxidation sites excluding steroid dienone is 2. The van der Waals surface area contributed by atoms with Crippen LogP contribution in [0.4, 0.5) is 0 Å². The van der Waals surface area contributed by atoms with Gasteiger partial charge < -0.3 is 4.90 Å². The van der Waals surface area contributed by atoms with Crippen molar-refractivity contribution in [1.82, 2.24) is 10.2 Å². The second kappa shape index (κ2) is 4.08. The first-order chi connectivity index (χ1) is 8.38. The molecule has 2 aliphatic rings. The van der Waals surface area contributed by atoms with E-state index in [1.165, 1.54) is 11.3 Å². The standard InChI is InChI=1S/C14H13N3/c15-9-11-4-6-12(7-5-11)14-13-3-1-2-8-17(13)10-16-14/h1-7,14,16H,8,10H2. The molecule has 1 aromatic rings. The van der Waals surface area contributed by atoms with E-state index in [4.69, 9.17) is 5.26 Å². The molecule has 0 spiro atoms. The van der Waals surface area contributed by atoms with E-state index in [1.54, 1.807) is 0 Å². The van der Waals surface area contributed by atoms with Crippen molar-refractivity contribution < 1.29 is 0 Å². The van der Waals surface area contributed by atoms with Crippen molar-refractivity contribution >= 4 is 0 Å². The Morgan fingerprint density at radius 1 is 1.29 bits per heavy atom. The molecule has 3 rings (SSSR count). The molecular formula is C14H13N3. The Labute approximate surface area is 101 Å². The van der Waals surface area contributed by atoms with Gasteiger partial charge in [-0.15, -0.1) is 0 Å². The Morgan fingerprint density at radius 3 is 2.88 bits per heavy atom. The van der Waals surface area contributed by atoms with E-state index in [2.05, 4.69) is 34.5 Å². The Kier molecular flexibility index (Phi) is 2.43. The fourth-order valence-corrected chi connectivity index (χ4v) is 2.34. The van der Waals surface area contributed by atoms with E-state index in [1.807, 2.05) is 24.3 Å². The molecule has 2 aliphatic heterocycles. The summed E-state index contributed by atoms with van der Waals surface area (Å²) in [5.74, 6) is 0. The number of benzene rings is 1. The van der Waals surface area contributed by atoms with Crippen LogP contribution in [-0.4, -0.2) is 18.1 Å². The maximum atomic E-state index is 8.79. The minimum Gasteiger partial charge on any atom is -0.357 e. The van der Waals surface area contributed by atoms with Crippen LogP contribution in [0.5, 0.6) is 0 Å². The van der Waals surface area contributed by atoms with Gasteiger partial charge in [-0.1, -0.05) is 24.3 Å². The van der Waals surface area contributed by atoms with Gasteiger partial charge in [-0.05, 0) is 23.8 Å². The molecule has 1 aromatic carbocycles. The monoisotopic (exact) mass is 223 g/mol. The summed E-state index contributed by atoms with van der Waals surface area (Å²) in [5, 5.41) is 12.3. The summed E-state index contributed by atoms with van der Waals surface area (Å²) in [6.07, 6.45) is 6.42. The fourth-order valence-electron chi connectivity index (χ4n) is 2.34. The molecule has 0 amide bonds. The molecule has 3 heteroatoms. The van der Waals surface area contributed by atoms with Gasteiger partial charge in [0.2, 0.25) is 0 Å². The SMILES string of the molecule is N#Cc1ccc(C2NCN3CC=CC=C23)cc1. The highest BCUT2D eigenvalue weighted by Crippen LogP contribution is 2.30. The van der Waals surface area contributed by atoms with Gasteiger partial charge in [-0.25, -0.2) is 0 Å². The van der Waals surface area contributed by atoms with Crippen molar-refractivity contribution in [3.63, 3.8) is 0 Å². The summed E-state index contributed by atoms with van der Waals surface area (Å²) in [6, 6.07) is 10.2. The van der Waals surface area contributed by atoms with Crippen molar-refractivity contribution in [3.8, 4) is 6.07 Å². The van der Waals surface area contributed by atoms with Gasteiger partial charge in [0.05, 0.1) is 24.3 Å². The van der Waals surface area contributed by atoms with E-state index in [0.717, 1.165) is 13.2 Å². The Bertz CT molecular complexity index is 519. The number of nitriles is 1. The second-order valence-electron chi connectivity index (χ2n) is 4.27. The first-order valence-electron chi connectivity index (χ1n) is 5.73. The van der Waals surface area contributed by atoms with Gasteiger partial charge >= 0.3 is 0 Å². The quantitative estimate of drug-likeness (QED) is 0.790. The minimum atomic E-state index is 0.257. The topological polar surface area (TPSA) is 39.1 Å². The molecular weight excluding hydrogens is 210 g/mol. The van der Waals surface area contributed by atoms with Gasteiger partial charge in [-0.3, -0.25) is 5.32 Å². The van der Waals surface area contributed by atoms with Crippen LogP contribution in [0.25, 0.3) is 0 Å². The lowest BCUT2D eigenvalue weighted by Gasteiger charge is -2.21. The number of hydrogen-bond donors (Lipinski definition) is 1. The molecule has 0 aromatic heterocycles. The van der Waals surface area contributed by atoms with E-state index in [0.29, 0.717) is 5.56 Å². The molecule has 1 saturated heterocycles. The van der Waals surface area contributed by atoms with Crippen LogP contribution in [0, 0.1) is 11.3 Å². The van der Waals surface area contributed by atoms with Crippen LogP contribution in [0.1, 0.15) is 17.2 Å². The maximum absolute atomic E-state index is 8.79. The number of nitrogens with zero attached hydrogens (tertiary/aromatic N) is 2. The lowest BCUT2D eigenvalue weighted by atomic mass is 10.0. The summed E-state index contributed by atoms with van der Waals surface area (Å²) in [4.78, 5) is 2.32. The Morgan fingerprint density at radius 2 is 2.12 bits per heavy atom. The third-order valence-electron chi connectivity index (χ3n) is 3.25. The Hall–Kier alpha value is -2.05. The fraction of sp³-hybridized carbons (Fsp3) is 0.214. The van der Waals surface area contributed by atoms with Crippen LogP contribution >= 0.6 is 0 Å². The minimum absolute atomic E-state index is 0.257. The summed E-state index contributed by atoms with van der Waals surface area (Å²) in [6.45, 7) is 1.87. The smallest absolute Gasteiger partial charge is 0.0991 e. The molecule has 0 radical (unpaired) electrons. The number of nitrogens with one attached hydrogen (secondary N) is 1. The predicted molar refractivity (Wildman–Crippen MR) is 65.8 cm³/mol. The third kappa shape index (κ3) is 1.73. The Balaban J connectivity index is 1.91. The number of rotatable bonds is 1. The highest BCUT2D eigenvalue weighted by atomic mass is 15.3. The van der Waals surface area contributed by atoms with E-state index < -0.39 is 0 Å². The lowest BCUT2D eigenvalue weighted by Crippen LogP contribution is -2.22. The highest BCUT2D eigenvalue weighted by Gasteiger charge is 2.28. The van der Waals surface area contributed by atoms with E-state index in [-0.39, 0.29) is 6.04 Å². The largest absolute Gasteiger partial charge is 0.357 e. The van der Waals surface area contributed by atoms with Crippen LogP contribution in [0.2, 0.25) is 0 Å². The molecule has 2 heterocycles. The molecule has 1 unspecified atom stereocenters. The average molecular weight is 223 g/mol. The van der Waals surface area contributed by atoms with E-state index in [9.17, 15) is 0 Å². The molecule has 1 atom stereocenters. The van der Waals surface area contributed by atoms with Crippen molar-refractivity contribution in [2.75, 3.05) is 13.2 Å². The molecule has 17 heavy (non-hydrogen) atoms. The summed E-state index contributed by atoms with van der Waals surface area (Å²) in [7, 11) is 0. The first kappa shape index (κ1) is 10.1. The van der Waals surface area contributed by atoms with Gasteiger partial charge in [0.15, 0.2) is 0 Å². The second-order valence-corrected chi connectivity index (χ2v) is 4.27. The van der Waals surface area contributed by atoms with Gasteiger partial charge in [0.1, 0.15) is 0 Å². The lowest BCUT2D eigenvalue weighted by molar-refractivity contribution is 0.420. The zero-order chi connectivity index (χ0) is 11.7. The molecule has 1 fully saturated rings. The van der Waals surface area contributed by atoms with Gasteiger partial charge in [0.25, 0.3) is 0 Å². The van der Waals surface area contributed by atoms with Crippen LogP contribution in [0.3, 0.4) is 0 Å². The number of hydrogen-bond acceptors (Lipinski definition) is 3. The third-order valence-corrected chi connectivity index (χ3v) is 3.25. The molecule has 0 saturated carbocycles. The highest BCUT2D eigenvalue weighted by molar-refractivity contribution is 5.38. The zero-order valence-corrected chi connectivity index (χ0v) is 9.43. The van der Waals surface area contributed by atoms with Crippen molar-refractivity contribution in [2.24, 2.45) is 0 Å². The average Bonchev–Trinajstić information content (AvgIpc) is 2.83. The predicted octanol–water partition coefficient (Wildman–Crippen LogP) is 1.92. The van der Waals surface area contributed by atoms with Gasteiger partial charge in [0, 0.05) is 12.2 Å². The zero-order valence-electron chi connectivity index (χ0n) is 9.43.